The van der Waals surface area contributed by atoms with Crippen molar-refractivity contribution in [2.24, 2.45) is 11.8 Å². The van der Waals surface area contributed by atoms with Crippen LogP contribution >= 0.6 is 0 Å². The molecule has 0 aromatic rings. The molecular weight excluding hydrogens is 260 g/mol. The molecule has 20 heavy (non-hydrogen) atoms. The van der Waals surface area contributed by atoms with Crippen molar-refractivity contribution in [3.8, 4) is 0 Å². The van der Waals surface area contributed by atoms with Gasteiger partial charge in [0.25, 0.3) is 0 Å². The Morgan fingerprint density at radius 1 is 1.05 bits per heavy atom. The van der Waals surface area contributed by atoms with Crippen LogP contribution in [0.4, 0.5) is 0 Å². The van der Waals surface area contributed by atoms with Crippen molar-refractivity contribution in [3.05, 3.63) is 23.5 Å². The summed E-state index contributed by atoms with van der Waals surface area (Å²) in [6.07, 6.45) is 7.35. The minimum atomic E-state index is -0.441. The van der Waals surface area contributed by atoms with E-state index in [4.69, 9.17) is 14.2 Å². The van der Waals surface area contributed by atoms with Gasteiger partial charge in [-0.1, -0.05) is 0 Å². The van der Waals surface area contributed by atoms with Crippen LogP contribution in [-0.4, -0.2) is 31.8 Å². The average Bonchev–Trinajstić information content (AvgIpc) is 3.36. The summed E-state index contributed by atoms with van der Waals surface area (Å²) in [4.78, 5) is 23.6. The SMILES string of the molecule is O=C(OCC1CC1)C1=COCC(C(=O)OCC2CC2)=C1. The molecule has 3 rings (SSSR count). The van der Waals surface area contributed by atoms with Crippen LogP contribution in [0.25, 0.3) is 0 Å². The normalized spacial score (nSPS) is 21.4. The van der Waals surface area contributed by atoms with Gasteiger partial charge in [0.05, 0.1) is 30.6 Å². The molecule has 0 atom stereocenters. The zero-order valence-electron chi connectivity index (χ0n) is 11.3. The van der Waals surface area contributed by atoms with Crippen LogP contribution in [0.1, 0.15) is 25.7 Å². The van der Waals surface area contributed by atoms with Crippen LogP contribution in [0.5, 0.6) is 0 Å². The van der Waals surface area contributed by atoms with Crippen molar-refractivity contribution in [2.75, 3.05) is 19.8 Å². The number of hydrogen-bond donors (Lipinski definition) is 0. The average molecular weight is 278 g/mol. The van der Waals surface area contributed by atoms with E-state index in [2.05, 4.69) is 0 Å². The Kier molecular flexibility index (Phi) is 3.76. The summed E-state index contributed by atoms with van der Waals surface area (Å²) in [5, 5.41) is 0. The second-order valence-electron chi connectivity index (χ2n) is 5.64. The molecule has 0 N–H and O–H groups in total. The molecule has 0 amide bonds. The molecule has 0 unspecified atom stereocenters. The maximum atomic E-state index is 11.8. The van der Waals surface area contributed by atoms with Gasteiger partial charge in [0.2, 0.25) is 0 Å². The van der Waals surface area contributed by atoms with Gasteiger partial charge in [-0.15, -0.1) is 0 Å². The molecule has 2 saturated carbocycles. The second kappa shape index (κ2) is 5.69. The third kappa shape index (κ3) is 3.62. The molecule has 5 heteroatoms. The first-order chi connectivity index (χ1) is 9.72. The Morgan fingerprint density at radius 2 is 1.65 bits per heavy atom. The van der Waals surface area contributed by atoms with Crippen LogP contribution < -0.4 is 0 Å². The van der Waals surface area contributed by atoms with Crippen molar-refractivity contribution in [1.82, 2.24) is 0 Å². The molecule has 0 bridgehead atoms. The lowest BCUT2D eigenvalue weighted by Crippen LogP contribution is -2.18. The Bertz CT molecular complexity index is 469. The summed E-state index contributed by atoms with van der Waals surface area (Å²) >= 11 is 0. The smallest absolute Gasteiger partial charge is 0.341 e. The molecule has 3 aliphatic rings. The lowest BCUT2D eigenvalue weighted by molar-refractivity contribution is -0.140. The van der Waals surface area contributed by atoms with Crippen LogP contribution in [0.2, 0.25) is 0 Å². The number of carbonyl (C=O) groups is 2. The fraction of sp³-hybridized carbons (Fsp3) is 0.600. The first-order valence-electron chi connectivity index (χ1n) is 7.09. The zero-order valence-corrected chi connectivity index (χ0v) is 11.3. The van der Waals surface area contributed by atoms with Crippen molar-refractivity contribution >= 4 is 11.9 Å². The van der Waals surface area contributed by atoms with E-state index in [-0.39, 0.29) is 12.2 Å². The van der Waals surface area contributed by atoms with Gasteiger partial charge in [0.1, 0.15) is 6.61 Å². The van der Waals surface area contributed by atoms with Gasteiger partial charge in [-0.3, -0.25) is 0 Å². The van der Waals surface area contributed by atoms with E-state index < -0.39 is 11.9 Å². The fourth-order valence-corrected chi connectivity index (χ4v) is 1.84. The Morgan fingerprint density at radius 3 is 2.25 bits per heavy atom. The predicted molar refractivity (Wildman–Crippen MR) is 69.5 cm³/mol. The van der Waals surface area contributed by atoms with E-state index in [1.54, 1.807) is 0 Å². The molecule has 0 aromatic carbocycles. The maximum absolute atomic E-state index is 11.8. The maximum Gasteiger partial charge on any atom is 0.341 e. The highest BCUT2D eigenvalue weighted by Gasteiger charge is 2.27. The summed E-state index contributed by atoms with van der Waals surface area (Å²) in [6.45, 7) is 1.05. The Hall–Kier alpha value is -1.78. The van der Waals surface area contributed by atoms with Crippen LogP contribution in [0.15, 0.2) is 23.5 Å². The molecule has 5 nitrogen and oxygen atoms in total. The summed E-state index contributed by atoms with van der Waals surface area (Å²) in [6, 6.07) is 0. The standard InChI is InChI=1S/C15H18O5/c16-14(19-6-10-1-2-10)12-5-13(9-18-8-12)15(17)20-7-11-3-4-11/h5,8,10-11H,1-4,6-7,9H2. The predicted octanol–water partition coefficient (Wildman–Crippen LogP) is 1.73. The molecule has 1 aliphatic heterocycles. The molecule has 1 heterocycles. The molecule has 0 saturated heterocycles. The van der Waals surface area contributed by atoms with E-state index in [0.717, 1.165) is 25.7 Å². The van der Waals surface area contributed by atoms with Gasteiger partial charge in [-0.2, -0.15) is 0 Å². The van der Waals surface area contributed by atoms with Crippen molar-refractivity contribution < 1.29 is 23.8 Å². The molecule has 0 spiro atoms. The van der Waals surface area contributed by atoms with Crippen molar-refractivity contribution in [2.45, 2.75) is 25.7 Å². The second-order valence-corrected chi connectivity index (χ2v) is 5.64. The first kappa shape index (κ1) is 13.2. The monoisotopic (exact) mass is 278 g/mol. The largest absolute Gasteiger partial charge is 0.495 e. The molecule has 2 fully saturated rings. The Balaban J connectivity index is 1.52. The van der Waals surface area contributed by atoms with Gasteiger partial charge in [-0.25, -0.2) is 9.59 Å². The summed E-state index contributed by atoms with van der Waals surface area (Å²) in [5.74, 6) is 0.181. The van der Waals surface area contributed by atoms with Gasteiger partial charge in [0.15, 0.2) is 0 Å². The lowest BCUT2D eigenvalue weighted by atomic mass is 10.1. The first-order valence-corrected chi connectivity index (χ1v) is 7.09. The number of ether oxygens (including phenoxy) is 3. The molecule has 108 valence electrons. The molecule has 2 aliphatic carbocycles. The lowest BCUT2D eigenvalue weighted by Gasteiger charge is -2.13. The third-order valence-corrected chi connectivity index (χ3v) is 3.57. The van der Waals surface area contributed by atoms with Crippen LogP contribution in [0.3, 0.4) is 0 Å². The summed E-state index contributed by atoms with van der Waals surface area (Å²) in [5.41, 5.74) is 0.641. The van der Waals surface area contributed by atoms with Crippen LogP contribution in [-0.2, 0) is 23.8 Å². The number of esters is 2. The van der Waals surface area contributed by atoms with E-state index in [1.165, 1.54) is 12.3 Å². The minimum absolute atomic E-state index is 0.142. The van der Waals surface area contributed by atoms with E-state index in [0.29, 0.717) is 30.6 Å². The molecule has 0 radical (unpaired) electrons. The quantitative estimate of drug-likeness (QED) is 0.692. The zero-order chi connectivity index (χ0) is 13.9. The summed E-state index contributed by atoms with van der Waals surface area (Å²) < 4.78 is 15.5. The number of rotatable bonds is 6. The highest BCUT2D eigenvalue weighted by atomic mass is 16.5. The van der Waals surface area contributed by atoms with Crippen molar-refractivity contribution in [1.29, 1.82) is 0 Å². The molecular formula is C15H18O5. The van der Waals surface area contributed by atoms with E-state index in [1.807, 2.05) is 0 Å². The van der Waals surface area contributed by atoms with Gasteiger partial charge >= 0.3 is 11.9 Å². The number of hydrogen-bond acceptors (Lipinski definition) is 5. The van der Waals surface area contributed by atoms with Gasteiger partial charge in [0, 0.05) is 0 Å². The minimum Gasteiger partial charge on any atom is -0.495 e. The third-order valence-electron chi connectivity index (χ3n) is 3.57. The van der Waals surface area contributed by atoms with Gasteiger partial charge < -0.3 is 14.2 Å². The van der Waals surface area contributed by atoms with E-state index in [9.17, 15) is 9.59 Å². The van der Waals surface area contributed by atoms with Crippen molar-refractivity contribution in [3.63, 3.8) is 0 Å². The number of carbonyl (C=O) groups excluding carboxylic acids is 2. The molecule has 0 aromatic heterocycles. The summed E-state index contributed by atoms with van der Waals surface area (Å²) in [7, 11) is 0. The van der Waals surface area contributed by atoms with E-state index >= 15 is 0 Å². The highest BCUT2D eigenvalue weighted by molar-refractivity contribution is 5.96. The fourth-order valence-electron chi connectivity index (χ4n) is 1.84. The van der Waals surface area contributed by atoms with Gasteiger partial charge in [-0.05, 0) is 43.6 Å². The topological polar surface area (TPSA) is 61.8 Å². The highest BCUT2D eigenvalue weighted by Crippen LogP contribution is 2.30. The Labute approximate surface area is 117 Å². The van der Waals surface area contributed by atoms with Crippen LogP contribution in [0, 0.1) is 11.8 Å².